The molecular weight excluding hydrogens is 190 g/mol. The second-order valence-electron chi connectivity index (χ2n) is 4.04. The van der Waals surface area contributed by atoms with E-state index < -0.39 is 0 Å². The maximum Gasteiger partial charge on any atom is 0.123 e. The lowest BCUT2D eigenvalue weighted by Crippen LogP contribution is -2.20. The quantitative estimate of drug-likeness (QED) is 0.742. The molecule has 0 aromatic carbocycles. The Morgan fingerprint density at radius 3 is 2.87 bits per heavy atom. The van der Waals surface area contributed by atoms with Gasteiger partial charge in [-0.3, -0.25) is 0 Å². The third kappa shape index (κ3) is 4.76. The Bertz CT molecular complexity index is 302. The fraction of sp³-hybridized carbons (Fsp3) is 0.545. The van der Waals surface area contributed by atoms with Crippen molar-refractivity contribution in [3.63, 3.8) is 0 Å². The number of hydrogen-bond donors (Lipinski definition) is 2. The van der Waals surface area contributed by atoms with E-state index in [2.05, 4.69) is 9.88 Å². The number of aliphatic hydroxyl groups excluding tert-OH is 1. The number of rotatable bonds is 5. The van der Waals surface area contributed by atoms with E-state index in [1.54, 1.807) is 12.3 Å². The third-order valence-corrected chi connectivity index (χ3v) is 2.23. The van der Waals surface area contributed by atoms with Crippen molar-refractivity contribution in [3.8, 4) is 0 Å². The molecule has 0 spiro atoms. The van der Waals surface area contributed by atoms with E-state index in [9.17, 15) is 5.11 Å². The third-order valence-electron chi connectivity index (χ3n) is 2.23. The van der Waals surface area contributed by atoms with E-state index in [-0.39, 0.29) is 6.10 Å². The van der Waals surface area contributed by atoms with Crippen LogP contribution in [0.5, 0.6) is 0 Å². The summed E-state index contributed by atoms with van der Waals surface area (Å²) in [6, 6.07) is 3.69. The van der Waals surface area contributed by atoms with E-state index >= 15 is 0 Å². The van der Waals surface area contributed by atoms with Crippen LogP contribution in [0.4, 0.5) is 5.82 Å². The average Bonchev–Trinajstić information content (AvgIpc) is 2.15. The molecule has 84 valence electrons. The Hall–Kier alpha value is -1.13. The minimum absolute atomic E-state index is 0.311. The average molecular weight is 209 g/mol. The van der Waals surface area contributed by atoms with E-state index in [0.29, 0.717) is 12.2 Å². The molecule has 0 aliphatic rings. The van der Waals surface area contributed by atoms with Crippen LogP contribution in [0.15, 0.2) is 18.3 Å². The van der Waals surface area contributed by atoms with Crippen molar-refractivity contribution in [3.05, 3.63) is 23.9 Å². The van der Waals surface area contributed by atoms with Crippen LogP contribution in [0.1, 0.15) is 12.0 Å². The summed E-state index contributed by atoms with van der Waals surface area (Å²) in [6.07, 6.45) is 2.77. The topological polar surface area (TPSA) is 62.4 Å². The lowest BCUT2D eigenvalue weighted by molar-refractivity contribution is 0.152. The van der Waals surface area contributed by atoms with Crippen molar-refractivity contribution in [2.24, 2.45) is 0 Å². The number of anilines is 1. The predicted octanol–water partition coefficient (Wildman–Crippen LogP) is 0.519. The number of nitrogen functional groups attached to an aromatic ring is 1. The van der Waals surface area contributed by atoms with Crippen molar-refractivity contribution in [1.82, 2.24) is 9.88 Å². The molecular formula is C11H19N3O. The van der Waals surface area contributed by atoms with Gasteiger partial charge in [0, 0.05) is 6.20 Å². The molecule has 15 heavy (non-hydrogen) atoms. The van der Waals surface area contributed by atoms with E-state index in [1.165, 1.54) is 0 Å². The van der Waals surface area contributed by atoms with Gasteiger partial charge in [-0.2, -0.15) is 0 Å². The molecule has 0 aliphatic heterocycles. The minimum Gasteiger partial charge on any atom is -0.393 e. The van der Waals surface area contributed by atoms with E-state index in [0.717, 1.165) is 18.5 Å². The summed E-state index contributed by atoms with van der Waals surface area (Å²) in [5.41, 5.74) is 6.59. The molecule has 4 heteroatoms. The predicted molar refractivity (Wildman–Crippen MR) is 61.5 cm³/mol. The number of pyridine rings is 1. The highest BCUT2D eigenvalue weighted by atomic mass is 16.3. The fourth-order valence-electron chi connectivity index (χ4n) is 1.40. The second kappa shape index (κ2) is 5.68. The number of aromatic nitrogens is 1. The first-order chi connectivity index (χ1) is 7.08. The number of aliphatic hydroxyl groups is 1. The molecule has 0 amide bonds. The highest BCUT2D eigenvalue weighted by Crippen LogP contribution is 2.08. The summed E-state index contributed by atoms with van der Waals surface area (Å²) in [7, 11) is 3.99. The van der Waals surface area contributed by atoms with Gasteiger partial charge in [-0.05, 0) is 51.2 Å². The normalized spacial score (nSPS) is 13.1. The van der Waals surface area contributed by atoms with Gasteiger partial charge in [-0.15, -0.1) is 0 Å². The summed E-state index contributed by atoms with van der Waals surface area (Å²) in [5, 5.41) is 9.75. The van der Waals surface area contributed by atoms with Crippen LogP contribution in [0.25, 0.3) is 0 Å². The molecule has 3 N–H and O–H groups in total. The molecule has 1 heterocycles. The minimum atomic E-state index is -0.311. The summed E-state index contributed by atoms with van der Waals surface area (Å²) in [5.74, 6) is 0.507. The van der Waals surface area contributed by atoms with Gasteiger partial charge in [0.25, 0.3) is 0 Å². The molecule has 1 aromatic rings. The van der Waals surface area contributed by atoms with E-state index in [1.807, 2.05) is 20.2 Å². The molecule has 1 atom stereocenters. The zero-order valence-electron chi connectivity index (χ0n) is 9.35. The molecule has 0 saturated heterocycles. The molecule has 1 aromatic heterocycles. The zero-order valence-corrected chi connectivity index (χ0v) is 9.35. The summed E-state index contributed by atoms with van der Waals surface area (Å²) < 4.78 is 0. The molecule has 4 nitrogen and oxygen atoms in total. The Morgan fingerprint density at radius 2 is 2.27 bits per heavy atom. The van der Waals surface area contributed by atoms with Crippen LogP contribution < -0.4 is 5.73 Å². The number of nitrogens with zero attached hydrogens (tertiary/aromatic N) is 2. The Morgan fingerprint density at radius 1 is 1.53 bits per heavy atom. The van der Waals surface area contributed by atoms with Crippen LogP contribution in [0.3, 0.4) is 0 Å². The molecule has 1 unspecified atom stereocenters. The van der Waals surface area contributed by atoms with Crippen LogP contribution in [-0.2, 0) is 6.42 Å². The maximum absolute atomic E-state index is 9.75. The highest BCUT2D eigenvalue weighted by molar-refractivity contribution is 5.32. The van der Waals surface area contributed by atoms with Crippen molar-refractivity contribution in [2.75, 3.05) is 26.4 Å². The smallest absolute Gasteiger partial charge is 0.123 e. The summed E-state index contributed by atoms with van der Waals surface area (Å²) >= 11 is 0. The molecule has 0 bridgehead atoms. The maximum atomic E-state index is 9.75. The van der Waals surface area contributed by atoms with Gasteiger partial charge in [0.05, 0.1) is 6.10 Å². The molecule has 0 fully saturated rings. The summed E-state index contributed by atoms with van der Waals surface area (Å²) in [6.45, 7) is 0.891. The first-order valence-electron chi connectivity index (χ1n) is 5.11. The Balaban J connectivity index is 2.40. The van der Waals surface area contributed by atoms with Gasteiger partial charge in [0.15, 0.2) is 0 Å². The van der Waals surface area contributed by atoms with Crippen LogP contribution >= 0.6 is 0 Å². The molecule has 0 aliphatic carbocycles. The van der Waals surface area contributed by atoms with Crippen molar-refractivity contribution in [2.45, 2.75) is 18.9 Å². The largest absolute Gasteiger partial charge is 0.393 e. The Labute approximate surface area is 90.7 Å². The number of hydrogen-bond acceptors (Lipinski definition) is 4. The van der Waals surface area contributed by atoms with Gasteiger partial charge >= 0.3 is 0 Å². The lowest BCUT2D eigenvalue weighted by atomic mass is 10.1. The van der Waals surface area contributed by atoms with Gasteiger partial charge in [0.2, 0.25) is 0 Å². The fourth-order valence-corrected chi connectivity index (χ4v) is 1.40. The van der Waals surface area contributed by atoms with Crippen molar-refractivity contribution < 1.29 is 5.11 Å². The Kier molecular flexibility index (Phi) is 4.52. The first kappa shape index (κ1) is 11.9. The monoisotopic (exact) mass is 209 g/mol. The zero-order chi connectivity index (χ0) is 11.3. The first-order valence-corrected chi connectivity index (χ1v) is 5.11. The van der Waals surface area contributed by atoms with Gasteiger partial charge < -0.3 is 15.7 Å². The molecule has 0 saturated carbocycles. The SMILES string of the molecule is CN(C)CCC(O)Cc1ccnc(N)c1. The summed E-state index contributed by atoms with van der Waals surface area (Å²) in [4.78, 5) is 5.97. The van der Waals surface area contributed by atoms with Crippen LogP contribution in [-0.4, -0.2) is 41.7 Å². The van der Waals surface area contributed by atoms with E-state index in [4.69, 9.17) is 5.73 Å². The second-order valence-corrected chi connectivity index (χ2v) is 4.04. The standard InChI is InChI=1S/C11H19N3O/c1-14(2)6-4-10(15)7-9-3-5-13-11(12)8-9/h3,5,8,10,15H,4,6-7H2,1-2H3,(H2,12,13). The van der Waals surface area contributed by atoms with Gasteiger partial charge in [-0.1, -0.05) is 0 Å². The van der Waals surface area contributed by atoms with Gasteiger partial charge in [0.1, 0.15) is 5.82 Å². The van der Waals surface area contributed by atoms with Crippen molar-refractivity contribution in [1.29, 1.82) is 0 Å². The van der Waals surface area contributed by atoms with Gasteiger partial charge in [-0.25, -0.2) is 4.98 Å². The number of nitrogens with two attached hydrogens (primary N) is 1. The highest BCUT2D eigenvalue weighted by Gasteiger charge is 2.06. The van der Waals surface area contributed by atoms with Crippen LogP contribution in [0, 0.1) is 0 Å². The van der Waals surface area contributed by atoms with Crippen molar-refractivity contribution >= 4 is 5.82 Å². The molecule has 1 rings (SSSR count). The molecule has 0 radical (unpaired) electrons. The van der Waals surface area contributed by atoms with Crippen LogP contribution in [0.2, 0.25) is 0 Å². The lowest BCUT2D eigenvalue weighted by Gasteiger charge is -2.14.